The smallest absolute Gasteiger partial charge is 0.345 e. The van der Waals surface area contributed by atoms with Gasteiger partial charge < -0.3 is 5.32 Å². The van der Waals surface area contributed by atoms with E-state index in [0.29, 0.717) is 12.0 Å². The van der Waals surface area contributed by atoms with Crippen LogP contribution in [0, 0.1) is 12.8 Å². The summed E-state index contributed by atoms with van der Waals surface area (Å²) in [6, 6.07) is 0.0953. The van der Waals surface area contributed by atoms with E-state index in [9.17, 15) is 9.59 Å². The molecule has 0 saturated heterocycles. The second-order valence-electron chi connectivity index (χ2n) is 7.01. The largest absolute Gasteiger partial charge is 0.349 e. The summed E-state index contributed by atoms with van der Waals surface area (Å²) in [5.41, 5.74) is 1.24. The molecular weight excluding hydrogens is 320 g/mol. The highest BCUT2D eigenvalue weighted by Crippen LogP contribution is 2.27. The Hall–Kier alpha value is -2.38. The topological polar surface area (TPSA) is 86.7 Å². The maximum atomic E-state index is 12.6. The second kappa shape index (κ2) is 6.85. The maximum absolute atomic E-state index is 12.6. The minimum absolute atomic E-state index is 0.0718. The quantitative estimate of drug-likeness (QED) is 0.882. The monoisotopic (exact) mass is 346 g/mol. The Bertz CT molecular complexity index is 831. The molecular formula is C17H26N6O2. The van der Waals surface area contributed by atoms with Crippen molar-refractivity contribution in [3.05, 3.63) is 33.8 Å². The molecule has 0 unspecified atom stereocenters. The van der Waals surface area contributed by atoms with Gasteiger partial charge in [-0.05, 0) is 25.7 Å². The van der Waals surface area contributed by atoms with Crippen LogP contribution in [-0.4, -0.2) is 36.1 Å². The number of rotatable bonds is 4. The van der Waals surface area contributed by atoms with Crippen LogP contribution in [-0.2, 0) is 27.6 Å². The van der Waals surface area contributed by atoms with Gasteiger partial charge in [0.25, 0.3) is 5.91 Å². The summed E-state index contributed by atoms with van der Waals surface area (Å²) in [4.78, 5) is 24.5. The third-order valence-corrected chi connectivity index (χ3v) is 5.14. The predicted octanol–water partition coefficient (Wildman–Crippen LogP) is 0.692. The minimum Gasteiger partial charge on any atom is -0.349 e. The van der Waals surface area contributed by atoms with Gasteiger partial charge in [0.15, 0.2) is 0 Å². The van der Waals surface area contributed by atoms with Gasteiger partial charge in [-0.15, -0.1) is 0 Å². The molecule has 8 heteroatoms. The lowest BCUT2D eigenvalue weighted by atomic mass is 9.82. The lowest BCUT2D eigenvalue weighted by Crippen LogP contribution is -2.43. The number of amides is 1. The van der Waals surface area contributed by atoms with Gasteiger partial charge in [-0.3, -0.25) is 14.0 Å². The maximum Gasteiger partial charge on any atom is 0.345 e. The summed E-state index contributed by atoms with van der Waals surface area (Å²) in [5.74, 6) is 0.990. The van der Waals surface area contributed by atoms with Crippen molar-refractivity contribution >= 4 is 5.91 Å². The number of carbonyl (C=O) groups is 1. The van der Waals surface area contributed by atoms with Crippen molar-refractivity contribution in [3.63, 3.8) is 0 Å². The van der Waals surface area contributed by atoms with Gasteiger partial charge >= 0.3 is 5.69 Å². The first kappa shape index (κ1) is 17.4. The Morgan fingerprint density at radius 2 is 1.96 bits per heavy atom. The molecule has 2 atom stereocenters. The summed E-state index contributed by atoms with van der Waals surface area (Å²) in [6.07, 6.45) is 6.69. The summed E-state index contributed by atoms with van der Waals surface area (Å²) in [7, 11) is 5.23. The Labute approximate surface area is 146 Å². The van der Waals surface area contributed by atoms with Crippen molar-refractivity contribution in [2.24, 2.45) is 27.1 Å². The molecule has 0 spiro atoms. The third-order valence-electron chi connectivity index (χ3n) is 5.14. The van der Waals surface area contributed by atoms with Crippen LogP contribution >= 0.6 is 0 Å². The molecule has 1 aliphatic carbocycles. The fourth-order valence-electron chi connectivity index (χ4n) is 3.73. The Kier molecular flexibility index (Phi) is 4.78. The number of carbonyl (C=O) groups excluding carboxylic acids is 1. The molecule has 1 N–H and O–H groups in total. The number of hydrogen-bond acceptors (Lipinski definition) is 4. The van der Waals surface area contributed by atoms with E-state index in [2.05, 4.69) is 15.5 Å². The van der Waals surface area contributed by atoms with E-state index < -0.39 is 0 Å². The van der Waals surface area contributed by atoms with Crippen molar-refractivity contribution in [1.29, 1.82) is 0 Å². The van der Waals surface area contributed by atoms with Crippen LogP contribution in [0.4, 0.5) is 0 Å². The first-order valence-electron chi connectivity index (χ1n) is 8.77. The van der Waals surface area contributed by atoms with Crippen LogP contribution in [0.5, 0.6) is 0 Å². The molecule has 2 aromatic rings. The van der Waals surface area contributed by atoms with Gasteiger partial charge in [0.2, 0.25) is 0 Å². The molecule has 1 amide bonds. The van der Waals surface area contributed by atoms with Crippen LogP contribution in [0.15, 0.2) is 11.0 Å². The number of aromatic nitrogens is 5. The molecule has 0 aliphatic heterocycles. The highest BCUT2D eigenvalue weighted by molar-refractivity contribution is 5.95. The van der Waals surface area contributed by atoms with Crippen molar-refractivity contribution < 1.29 is 4.79 Å². The standard InChI is InChI=1S/C17H26N6O2/c1-11-13(10-21(2)19-11)16(24)18-14-8-6-5-7-12(14)9-15-20-23(4)17(25)22(15)3/h10,12,14H,5-9H2,1-4H3,(H,18,24)/t12-,14-/m1/s1. The first-order valence-corrected chi connectivity index (χ1v) is 8.77. The van der Waals surface area contributed by atoms with E-state index in [0.717, 1.165) is 37.2 Å². The third kappa shape index (κ3) is 3.52. The number of aryl methyl sites for hydroxylation is 3. The summed E-state index contributed by atoms with van der Waals surface area (Å²) in [5, 5.41) is 11.8. The van der Waals surface area contributed by atoms with Crippen LogP contribution in [0.3, 0.4) is 0 Å². The van der Waals surface area contributed by atoms with Crippen LogP contribution in [0.25, 0.3) is 0 Å². The van der Waals surface area contributed by atoms with Crippen LogP contribution in [0.1, 0.15) is 47.6 Å². The highest BCUT2D eigenvalue weighted by atomic mass is 16.2. The zero-order chi connectivity index (χ0) is 18.1. The van der Waals surface area contributed by atoms with E-state index in [1.807, 2.05) is 14.0 Å². The summed E-state index contributed by atoms with van der Waals surface area (Å²) < 4.78 is 4.62. The van der Waals surface area contributed by atoms with Gasteiger partial charge in [-0.25, -0.2) is 9.48 Å². The molecule has 2 aromatic heterocycles. The molecule has 3 rings (SSSR count). The van der Waals surface area contributed by atoms with Gasteiger partial charge in [0.05, 0.1) is 11.3 Å². The molecule has 0 bridgehead atoms. The Morgan fingerprint density at radius 3 is 2.56 bits per heavy atom. The Balaban J connectivity index is 1.74. The number of nitrogens with one attached hydrogen (secondary N) is 1. The van der Waals surface area contributed by atoms with E-state index >= 15 is 0 Å². The van der Waals surface area contributed by atoms with Gasteiger partial charge in [0.1, 0.15) is 5.82 Å². The van der Waals surface area contributed by atoms with Crippen molar-refractivity contribution in [2.75, 3.05) is 0 Å². The lowest BCUT2D eigenvalue weighted by Gasteiger charge is -2.32. The average molecular weight is 346 g/mol. The van der Waals surface area contributed by atoms with Gasteiger partial charge in [-0.1, -0.05) is 12.8 Å². The van der Waals surface area contributed by atoms with E-state index in [1.54, 1.807) is 29.5 Å². The molecule has 25 heavy (non-hydrogen) atoms. The van der Waals surface area contributed by atoms with E-state index in [4.69, 9.17) is 0 Å². The normalized spacial score (nSPS) is 20.6. The molecule has 1 aliphatic rings. The molecule has 0 radical (unpaired) electrons. The second-order valence-corrected chi connectivity index (χ2v) is 7.01. The zero-order valence-corrected chi connectivity index (χ0v) is 15.3. The summed E-state index contributed by atoms with van der Waals surface area (Å²) >= 11 is 0. The molecule has 2 heterocycles. The molecule has 1 fully saturated rings. The lowest BCUT2D eigenvalue weighted by molar-refractivity contribution is 0.0904. The molecule has 136 valence electrons. The molecule has 8 nitrogen and oxygen atoms in total. The van der Waals surface area contributed by atoms with Gasteiger partial charge in [0, 0.05) is 39.8 Å². The fraction of sp³-hybridized carbons (Fsp3) is 0.647. The van der Waals surface area contributed by atoms with Crippen molar-refractivity contribution in [1.82, 2.24) is 29.4 Å². The molecule has 1 saturated carbocycles. The SMILES string of the molecule is Cc1nn(C)cc1C(=O)N[C@@H]1CCCC[C@@H]1Cc1nn(C)c(=O)n1C. The highest BCUT2D eigenvalue weighted by Gasteiger charge is 2.29. The van der Waals surface area contributed by atoms with E-state index in [-0.39, 0.29) is 23.6 Å². The van der Waals surface area contributed by atoms with Crippen molar-refractivity contribution in [3.8, 4) is 0 Å². The Morgan fingerprint density at radius 1 is 1.24 bits per heavy atom. The summed E-state index contributed by atoms with van der Waals surface area (Å²) in [6.45, 7) is 1.84. The first-order chi connectivity index (χ1) is 11.9. The van der Waals surface area contributed by atoms with Crippen molar-refractivity contribution in [2.45, 2.75) is 45.1 Å². The number of nitrogens with zero attached hydrogens (tertiary/aromatic N) is 5. The average Bonchev–Trinajstić information content (AvgIpc) is 3.03. The van der Waals surface area contributed by atoms with Crippen LogP contribution in [0.2, 0.25) is 0 Å². The van der Waals surface area contributed by atoms with Gasteiger partial charge in [-0.2, -0.15) is 10.2 Å². The minimum atomic E-state index is -0.114. The zero-order valence-electron chi connectivity index (χ0n) is 15.3. The number of hydrogen-bond donors (Lipinski definition) is 1. The predicted molar refractivity (Wildman–Crippen MR) is 93.3 cm³/mol. The molecule has 0 aromatic carbocycles. The van der Waals surface area contributed by atoms with E-state index in [1.165, 1.54) is 4.68 Å². The van der Waals surface area contributed by atoms with Crippen LogP contribution < -0.4 is 11.0 Å². The fourth-order valence-corrected chi connectivity index (χ4v) is 3.73.